The predicted octanol–water partition coefficient (Wildman–Crippen LogP) is 2.46. The molecule has 0 aliphatic rings. The van der Waals surface area contributed by atoms with Gasteiger partial charge in [0.25, 0.3) is 0 Å². The predicted molar refractivity (Wildman–Crippen MR) is 70.5 cm³/mol. The van der Waals surface area contributed by atoms with Crippen molar-refractivity contribution in [1.82, 2.24) is 9.66 Å². The lowest BCUT2D eigenvalue weighted by molar-refractivity contribution is 0.149. The van der Waals surface area contributed by atoms with E-state index in [0.717, 1.165) is 5.69 Å². The highest BCUT2D eigenvalue weighted by Crippen LogP contribution is 2.12. The number of halogens is 2. The number of benzene rings is 1. The third-order valence-electron chi connectivity index (χ3n) is 2.59. The Morgan fingerprint density at radius 3 is 2.79 bits per heavy atom. The molecule has 0 aliphatic heterocycles. The van der Waals surface area contributed by atoms with E-state index in [1.807, 2.05) is 0 Å². The van der Waals surface area contributed by atoms with E-state index in [2.05, 4.69) is 10.1 Å². The molecule has 2 rings (SSSR count). The second-order valence-corrected chi connectivity index (χ2v) is 4.12. The van der Waals surface area contributed by atoms with Gasteiger partial charge in [-0.2, -0.15) is 5.10 Å². The highest BCUT2D eigenvalue weighted by Gasteiger charge is 2.07. The molecule has 4 nitrogen and oxygen atoms in total. The molecule has 0 amide bonds. The fraction of sp³-hybridized carbons (Fsp3) is 0.231. The van der Waals surface area contributed by atoms with Gasteiger partial charge in [0.15, 0.2) is 0 Å². The Hall–Kier alpha value is -2.24. The number of rotatable bonds is 4. The molecule has 0 saturated carbocycles. The minimum Gasteiger partial charge on any atom is -0.368 e. The number of hydrogen-bond acceptors (Lipinski definition) is 3. The number of anilines is 1. The van der Waals surface area contributed by atoms with Crippen molar-refractivity contribution in [3.63, 3.8) is 0 Å². The van der Waals surface area contributed by atoms with Crippen LogP contribution in [0.25, 0.3) is 0 Å². The Bertz CT molecular complexity index is 590. The maximum Gasteiger partial charge on any atom is 0.242 e. The number of nitrogens with zero attached hydrogens (tertiary/aromatic N) is 3. The van der Waals surface area contributed by atoms with Gasteiger partial charge in [-0.1, -0.05) is 24.3 Å². The van der Waals surface area contributed by atoms with Crippen LogP contribution in [0.1, 0.15) is 16.8 Å². The second-order valence-electron chi connectivity index (χ2n) is 4.12. The van der Waals surface area contributed by atoms with Gasteiger partial charge in [-0.05, 0) is 18.1 Å². The molecule has 0 fully saturated rings. The molecule has 100 valence electrons. The van der Waals surface area contributed by atoms with Gasteiger partial charge in [0.1, 0.15) is 0 Å². The van der Waals surface area contributed by atoms with Crippen molar-refractivity contribution in [3.05, 3.63) is 47.3 Å². The van der Waals surface area contributed by atoms with Crippen LogP contribution in [0.2, 0.25) is 0 Å². The average molecular weight is 264 g/mol. The van der Waals surface area contributed by atoms with E-state index in [-0.39, 0.29) is 12.4 Å². The summed E-state index contributed by atoms with van der Waals surface area (Å²) in [6.07, 6.45) is 0.507. The SMILES string of the molecule is Cc1cn(N=Cc2ccccc2CC(F)F)c(N)n1. The molecule has 2 N–H and O–H groups in total. The Balaban J connectivity index is 2.25. The average Bonchev–Trinajstić information content (AvgIpc) is 2.66. The molecule has 0 unspecified atom stereocenters. The zero-order valence-corrected chi connectivity index (χ0v) is 10.4. The van der Waals surface area contributed by atoms with Gasteiger partial charge in [-0.25, -0.2) is 18.4 Å². The lowest BCUT2D eigenvalue weighted by Crippen LogP contribution is -2.02. The minimum atomic E-state index is -2.38. The first-order valence-corrected chi connectivity index (χ1v) is 5.78. The molecule has 0 radical (unpaired) electrons. The van der Waals surface area contributed by atoms with Gasteiger partial charge in [0.05, 0.1) is 18.1 Å². The topological polar surface area (TPSA) is 56.2 Å². The van der Waals surface area contributed by atoms with Crippen LogP contribution in [-0.2, 0) is 6.42 Å². The first kappa shape index (κ1) is 13.2. The molecule has 0 saturated heterocycles. The number of imidazole rings is 1. The van der Waals surface area contributed by atoms with Gasteiger partial charge in [-0.3, -0.25) is 0 Å². The fourth-order valence-electron chi connectivity index (χ4n) is 1.73. The summed E-state index contributed by atoms with van der Waals surface area (Å²) in [4.78, 5) is 4.00. The summed E-state index contributed by atoms with van der Waals surface area (Å²) in [5.74, 6) is 0.264. The number of nitrogen functional groups attached to an aromatic ring is 1. The zero-order valence-electron chi connectivity index (χ0n) is 10.4. The minimum absolute atomic E-state index is 0.264. The molecular formula is C13H14F2N4. The smallest absolute Gasteiger partial charge is 0.242 e. The van der Waals surface area contributed by atoms with Crippen molar-refractivity contribution in [3.8, 4) is 0 Å². The Kier molecular flexibility index (Phi) is 3.89. The quantitative estimate of drug-likeness (QED) is 0.862. The molecule has 19 heavy (non-hydrogen) atoms. The molecule has 0 bridgehead atoms. The van der Waals surface area contributed by atoms with Crippen LogP contribution < -0.4 is 5.73 Å². The van der Waals surface area contributed by atoms with Crippen molar-refractivity contribution in [2.75, 3.05) is 5.73 Å². The second kappa shape index (κ2) is 5.60. The summed E-state index contributed by atoms with van der Waals surface area (Å²) in [7, 11) is 0. The summed E-state index contributed by atoms with van der Waals surface area (Å²) in [5, 5.41) is 4.12. The van der Waals surface area contributed by atoms with Crippen molar-refractivity contribution in [2.45, 2.75) is 19.8 Å². The van der Waals surface area contributed by atoms with Crippen LogP contribution >= 0.6 is 0 Å². The molecule has 2 aromatic rings. The Labute approximate surface area is 109 Å². The third kappa shape index (κ3) is 3.37. The maximum absolute atomic E-state index is 12.5. The summed E-state index contributed by atoms with van der Waals surface area (Å²) >= 11 is 0. The van der Waals surface area contributed by atoms with E-state index in [0.29, 0.717) is 11.1 Å². The standard InChI is InChI=1S/C13H14F2N4/c1-9-8-19(13(16)18-9)17-7-11-5-3-2-4-10(11)6-12(14)15/h2-5,7-8,12H,6H2,1H3,(H2,16,18). The van der Waals surface area contributed by atoms with Crippen molar-refractivity contribution in [1.29, 1.82) is 0 Å². The van der Waals surface area contributed by atoms with E-state index in [1.54, 1.807) is 37.4 Å². The van der Waals surface area contributed by atoms with Crippen LogP contribution in [0.15, 0.2) is 35.6 Å². The number of nitrogens with two attached hydrogens (primary N) is 1. The first-order chi connectivity index (χ1) is 9.06. The van der Waals surface area contributed by atoms with Crippen LogP contribution in [0, 0.1) is 6.92 Å². The number of aryl methyl sites for hydroxylation is 1. The van der Waals surface area contributed by atoms with Crippen molar-refractivity contribution < 1.29 is 8.78 Å². The largest absolute Gasteiger partial charge is 0.368 e. The van der Waals surface area contributed by atoms with Gasteiger partial charge in [0.2, 0.25) is 12.4 Å². The van der Waals surface area contributed by atoms with Gasteiger partial charge in [0, 0.05) is 6.42 Å². The molecule has 6 heteroatoms. The monoisotopic (exact) mass is 264 g/mol. The zero-order chi connectivity index (χ0) is 13.8. The molecular weight excluding hydrogens is 250 g/mol. The Morgan fingerprint density at radius 1 is 1.42 bits per heavy atom. The Morgan fingerprint density at radius 2 is 2.16 bits per heavy atom. The maximum atomic E-state index is 12.5. The molecule has 0 aliphatic carbocycles. The summed E-state index contributed by atoms with van der Waals surface area (Å²) in [5.41, 5.74) is 7.59. The lowest BCUT2D eigenvalue weighted by atomic mass is 10.1. The lowest BCUT2D eigenvalue weighted by Gasteiger charge is -2.04. The highest BCUT2D eigenvalue weighted by molar-refractivity contribution is 5.81. The van der Waals surface area contributed by atoms with Crippen LogP contribution in [0.5, 0.6) is 0 Å². The summed E-state index contributed by atoms with van der Waals surface area (Å²) < 4.78 is 26.3. The fourth-order valence-corrected chi connectivity index (χ4v) is 1.73. The third-order valence-corrected chi connectivity index (χ3v) is 2.59. The van der Waals surface area contributed by atoms with Crippen LogP contribution in [0.4, 0.5) is 14.7 Å². The van der Waals surface area contributed by atoms with Gasteiger partial charge >= 0.3 is 0 Å². The molecule has 1 heterocycles. The van der Waals surface area contributed by atoms with E-state index in [1.165, 1.54) is 10.9 Å². The van der Waals surface area contributed by atoms with Gasteiger partial charge < -0.3 is 5.73 Å². The number of aromatic nitrogens is 2. The summed E-state index contributed by atoms with van der Waals surface area (Å²) in [6, 6.07) is 6.90. The van der Waals surface area contributed by atoms with Crippen molar-refractivity contribution >= 4 is 12.2 Å². The van der Waals surface area contributed by atoms with E-state index < -0.39 is 6.43 Å². The molecule has 0 spiro atoms. The number of hydrogen-bond donors (Lipinski definition) is 1. The summed E-state index contributed by atoms with van der Waals surface area (Å²) in [6.45, 7) is 1.80. The number of alkyl halides is 2. The van der Waals surface area contributed by atoms with E-state index in [4.69, 9.17) is 5.73 Å². The van der Waals surface area contributed by atoms with Crippen molar-refractivity contribution in [2.24, 2.45) is 5.10 Å². The molecule has 0 atom stereocenters. The van der Waals surface area contributed by atoms with Crippen LogP contribution in [-0.4, -0.2) is 22.3 Å². The van der Waals surface area contributed by atoms with Crippen LogP contribution in [0.3, 0.4) is 0 Å². The van der Waals surface area contributed by atoms with E-state index in [9.17, 15) is 8.78 Å². The molecule has 1 aromatic carbocycles. The van der Waals surface area contributed by atoms with E-state index >= 15 is 0 Å². The van der Waals surface area contributed by atoms with Gasteiger partial charge in [-0.15, -0.1) is 0 Å². The first-order valence-electron chi connectivity index (χ1n) is 5.78. The normalized spacial score (nSPS) is 11.6. The highest BCUT2D eigenvalue weighted by atomic mass is 19.3. The molecule has 1 aromatic heterocycles.